The van der Waals surface area contributed by atoms with Crippen molar-refractivity contribution in [3.8, 4) is 21.9 Å². The third-order valence-corrected chi connectivity index (χ3v) is 13.2. The predicted molar refractivity (Wildman–Crippen MR) is 265 cm³/mol. The Balaban J connectivity index is 0.924. The van der Waals surface area contributed by atoms with E-state index < -0.39 is 29.5 Å². The van der Waals surface area contributed by atoms with E-state index in [1.807, 2.05) is 112 Å². The van der Waals surface area contributed by atoms with Gasteiger partial charge in [-0.1, -0.05) is 113 Å². The minimum atomic E-state index is -0.910. The standard InChI is InChI=1S/C54H65N5O7S/c1-7-45(38-14-10-8-11-15-38)49(39-22-26-42(60)27-23-39)40-24-28-44(29-25-40)66-31-30-58(6)48(63)17-13-9-12-16-47(62)57-51(54(3,4)5)53(65)59-34-43(61)32-46(59)52(64)55-33-37-18-20-41(21-19-37)50-36(2)56-35-67-50/h8,10-11,14-15,18-29,35,43,46,51,60-61H,7,9,12-13,16-17,30-34H2,1-6H3,(H,55,64)(H,57,62)/t43-,46+,51-/m1/s1. The summed E-state index contributed by atoms with van der Waals surface area (Å²) in [5.41, 5.74) is 9.52. The Morgan fingerprint density at radius 1 is 0.881 bits per heavy atom. The van der Waals surface area contributed by atoms with Gasteiger partial charge in [-0.25, -0.2) is 4.98 Å². The Bertz CT molecular complexity index is 2460. The highest BCUT2D eigenvalue weighted by atomic mass is 32.1. The van der Waals surface area contributed by atoms with Crippen LogP contribution >= 0.6 is 11.3 Å². The highest BCUT2D eigenvalue weighted by Crippen LogP contribution is 2.36. The van der Waals surface area contributed by atoms with Gasteiger partial charge >= 0.3 is 0 Å². The average Bonchev–Trinajstić information content (AvgIpc) is 3.94. The Morgan fingerprint density at radius 2 is 1.54 bits per heavy atom. The van der Waals surface area contributed by atoms with Crippen molar-refractivity contribution >= 4 is 46.1 Å². The maximum atomic E-state index is 14.0. The number of aryl methyl sites for hydroxylation is 1. The van der Waals surface area contributed by atoms with Gasteiger partial charge in [0.25, 0.3) is 0 Å². The van der Waals surface area contributed by atoms with Gasteiger partial charge in [-0.05, 0) is 94.8 Å². The number of hydrogen-bond acceptors (Lipinski definition) is 9. The first-order valence-corrected chi connectivity index (χ1v) is 24.1. The van der Waals surface area contributed by atoms with E-state index in [1.165, 1.54) is 10.5 Å². The van der Waals surface area contributed by atoms with Crippen molar-refractivity contribution in [2.45, 2.75) is 104 Å². The SMILES string of the molecule is CCC(=C(c1ccc(O)cc1)c1ccc(OCCN(C)C(=O)CCCCCC(=O)N[C@H](C(=O)N2C[C@H](O)C[C@H]2C(=O)NCc2ccc(-c3scnc3C)cc2)C(C)(C)C)cc1)c1ccccc1. The van der Waals surface area contributed by atoms with Gasteiger partial charge in [-0.3, -0.25) is 19.2 Å². The Kier molecular flexibility index (Phi) is 17.5. The van der Waals surface area contributed by atoms with E-state index in [0.29, 0.717) is 44.6 Å². The van der Waals surface area contributed by atoms with E-state index in [-0.39, 0.29) is 49.4 Å². The third-order valence-electron chi connectivity index (χ3n) is 12.2. The molecule has 1 saturated heterocycles. The number of allylic oxidation sites excluding steroid dienone is 1. The van der Waals surface area contributed by atoms with Crippen LogP contribution in [0.2, 0.25) is 0 Å². The highest BCUT2D eigenvalue weighted by molar-refractivity contribution is 7.13. The van der Waals surface area contributed by atoms with Crippen LogP contribution in [0.25, 0.3) is 21.6 Å². The van der Waals surface area contributed by atoms with Gasteiger partial charge in [0.05, 0.1) is 28.7 Å². The maximum absolute atomic E-state index is 14.0. The Hall–Kier alpha value is -6.31. The van der Waals surface area contributed by atoms with Gasteiger partial charge in [0.2, 0.25) is 23.6 Å². The second-order valence-electron chi connectivity index (χ2n) is 18.3. The Morgan fingerprint density at radius 3 is 2.16 bits per heavy atom. The summed E-state index contributed by atoms with van der Waals surface area (Å²) in [7, 11) is 1.76. The van der Waals surface area contributed by atoms with E-state index >= 15 is 0 Å². The minimum Gasteiger partial charge on any atom is -0.508 e. The molecule has 2 heterocycles. The second kappa shape index (κ2) is 23.4. The van der Waals surface area contributed by atoms with E-state index in [9.17, 15) is 29.4 Å². The lowest BCUT2D eigenvalue weighted by molar-refractivity contribution is -0.144. The molecule has 4 amide bonds. The molecular formula is C54H65N5O7S. The minimum absolute atomic E-state index is 0.000945. The number of aromatic hydroxyl groups is 1. The second-order valence-corrected chi connectivity index (χ2v) is 19.2. The molecule has 3 atom stereocenters. The number of carbonyl (C=O) groups excluding carboxylic acids is 4. The third kappa shape index (κ3) is 13.6. The number of nitrogens with zero attached hydrogens (tertiary/aromatic N) is 3. The molecule has 0 bridgehead atoms. The van der Waals surface area contributed by atoms with Crippen molar-refractivity contribution < 1.29 is 34.1 Å². The number of aromatic nitrogens is 1. The van der Waals surface area contributed by atoms with Crippen LogP contribution in [-0.4, -0.2) is 93.6 Å². The summed E-state index contributed by atoms with van der Waals surface area (Å²) in [6.07, 6.45) is 2.39. The number of aliphatic hydroxyl groups excluding tert-OH is 1. The summed E-state index contributed by atoms with van der Waals surface area (Å²) >= 11 is 1.58. The van der Waals surface area contributed by atoms with Crippen molar-refractivity contribution in [1.82, 2.24) is 25.4 Å². The fourth-order valence-electron chi connectivity index (χ4n) is 8.39. The summed E-state index contributed by atoms with van der Waals surface area (Å²) in [5, 5.41) is 26.4. The molecule has 1 aromatic heterocycles. The van der Waals surface area contributed by atoms with Crippen LogP contribution in [0, 0.1) is 12.3 Å². The number of amides is 4. The number of aliphatic hydroxyl groups is 1. The number of carbonyl (C=O) groups is 4. The van der Waals surface area contributed by atoms with Crippen molar-refractivity contribution in [2.75, 3.05) is 26.7 Å². The molecule has 67 heavy (non-hydrogen) atoms. The normalized spacial score (nSPS) is 15.7. The van der Waals surface area contributed by atoms with Gasteiger partial charge in [0.1, 0.15) is 30.2 Å². The molecule has 354 valence electrons. The first-order chi connectivity index (χ1) is 32.1. The van der Waals surface area contributed by atoms with Gasteiger partial charge in [0, 0.05) is 39.4 Å². The van der Waals surface area contributed by atoms with Gasteiger partial charge in [0.15, 0.2) is 0 Å². The van der Waals surface area contributed by atoms with Crippen LogP contribution in [0.3, 0.4) is 0 Å². The smallest absolute Gasteiger partial charge is 0.246 e. The molecule has 12 nitrogen and oxygen atoms in total. The molecule has 13 heteroatoms. The van der Waals surface area contributed by atoms with Crippen LogP contribution in [0.5, 0.6) is 11.5 Å². The quantitative estimate of drug-likeness (QED) is 0.0445. The van der Waals surface area contributed by atoms with E-state index in [0.717, 1.165) is 50.4 Å². The largest absolute Gasteiger partial charge is 0.508 e. The lowest BCUT2D eigenvalue weighted by Gasteiger charge is -2.35. The number of ether oxygens (including phenoxy) is 1. The first-order valence-electron chi connectivity index (χ1n) is 23.2. The van der Waals surface area contributed by atoms with E-state index in [1.54, 1.807) is 35.4 Å². The van der Waals surface area contributed by atoms with Gasteiger partial charge in [-0.15, -0.1) is 11.3 Å². The molecule has 1 fully saturated rings. The number of likely N-dealkylation sites (tertiary alicyclic amines) is 1. The molecule has 5 aromatic rings. The number of likely N-dealkylation sites (N-methyl/N-ethyl adjacent to an activating group) is 1. The number of unbranched alkanes of at least 4 members (excludes halogenated alkanes) is 2. The van der Waals surface area contributed by atoms with Crippen LogP contribution in [0.15, 0.2) is 109 Å². The topological polar surface area (TPSA) is 161 Å². The fraction of sp³-hybridized carbons (Fsp3) is 0.389. The molecule has 0 unspecified atom stereocenters. The van der Waals surface area contributed by atoms with Crippen molar-refractivity contribution in [1.29, 1.82) is 0 Å². The molecule has 4 aromatic carbocycles. The lowest BCUT2D eigenvalue weighted by atomic mass is 9.85. The molecule has 1 aliphatic rings. The average molecular weight is 928 g/mol. The number of benzene rings is 4. The lowest BCUT2D eigenvalue weighted by Crippen LogP contribution is -2.57. The molecule has 4 N–H and O–H groups in total. The zero-order chi connectivity index (χ0) is 48.1. The zero-order valence-corrected chi connectivity index (χ0v) is 40.4. The monoisotopic (exact) mass is 927 g/mol. The van der Waals surface area contributed by atoms with Crippen molar-refractivity contribution in [2.24, 2.45) is 5.41 Å². The number of rotatable bonds is 20. The maximum Gasteiger partial charge on any atom is 0.246 e. The molecule has 6 rings (SSSR count). The van der Waals surface area contributed by atoms with Crippen molar-refractivity contribution in [3.05, 3.63) is 137 Å². The van der Waals surface area contributed by atoms with E-state index in [2.05, 4.69) is 34.7 Å². The van der Waals surface area contributed by atoms with Gasteiger partial charge in [-0.2, -0.15) is 0 Å². The molecular weight excluding hydrogens is 863 g/mol. The van der Waals surface area contributed by atoms with Crippen LogP contribution in [-0.2, 0) is 25.7 Å². The molecule has 1 aliphatic heterocycles. The number of phenols is 1. The number of nitrogens with one attached hydrogen (secondary N) is 2. The van der Waals surface area contributed by atoms with Crippen molar-refractivity contribution in [3.63, 3.8) is 0 Å². The van der Waals surface area contributed by atoms with E-state index in [4.69, 9.17) is 4.74 Å². The van der Waals surface area contributed by atoms with Crippen LogP contribution < -0.4 is 15.4 Å². The Labute approximate surface area is 399 Å². The summed E-state index contributed by atoms with van der Waals surface area (Å²) in [5.74, 6) is -0.145. The summed E-state index contributed by atoms with van der Waals surface area (Å²) in [6.45, 7) is 10.7. The number of β-amino-alcohol motifs (C(OH)–C–C–N with tert-alkyl or cyclic N) is 1. The number of hydrogen-bond donors (Lipinski definition) is 4. The molecule has 0 aliphatic carbocycles. The molecule has 0 saturated carbocycles. The van der Waals surface area contributed by atoms with Gasteiger partial charge < -0.3 is 35.4 Å². The predicted octanol–water partition coefficient (Wildman–Crippen LogP) is 8.79. The molecule has 0 radical (unpaired) electrons. The number of phenolic OH excluding ortho intramolecular Hbond substituents is 1. The fourth-order valence-corrected chi connectivity index (χ4v) is 9.21. The summed E-state index contributed by atoms with van der Waals surface area (Å²) in [4.78, 5) is 62.2. The zero-order valence-electron chi connectivity index (χ0n) is 39.6. The van der Waals surface area contributed by atoms with Crippen LogP contribution in [0.1, 0.15) is 101 Å². The number of thiazole rings is 1. The highest BCUT2D eigenvalue weighted by Gasteiger charge is 2.44. The summed E-state index contributed by atoms with van der Waals surface area (Å²) < 4.78 is 6.05. The first kappa shape index (κ1) is 50.1. The van der Waals surface area contributed by atoms with Crippen LogP contribution in [0.4, 0.5) is 0 Å². The molecule has 0 spiro atoms. The summed E-state index contributed by atoms with van der Waals surface area (Å²) in [6, 6.07) is 31.6.